The first-order valence-electron chi connectivity index (χ1n) is 8.62. The minimum atomic E-state index is -4.57. The molecule has 0 atom stereocenters. The molecule has 0 saturated heterocycles. The SMILES string of the molecule is O=C(OCc1cc(=O)oc2ccc3ccccc3c12)c1cccc(C(F)(F)F)c1. The summed E-state index contributed by atoms with van der Waals surface area (Å²) in [5, 5.41) is 2.32. The van der Waals surface area contributed by atoms with Crippen molar-refractivity contribution in [1.82, 2.24) is 0 Å². The summed E-state index contributed by atoms with van der Waals surface area (Å²) in [4.78, 5) is 24.2. The molecule has 4 aromatic rings. The van der Waals surface area contributed by atoms with Crippen LogP contribution in [0.2, 0.25) is 0 Å². The molecule has 4 rings (SSSR count). The molecule has 1 aromatic heterocycles. The first-order valence-corrected chi connectivity index (χ1v) is 8.62. The molecule has 3 aromatic carbocycles. The minimum Gasteiger partial charge on any atom is -0.457 e. The lowest BCUT2D eigenvalue weighted by Crippen LogP contribution is -2.10. The maximum Gasteiger partial charge on any atom is 0.416 e. The molecule has 0 amide bonds. The lowest BCUT2D eigenvalue weighted by atomic mass is 10.0. The van der Waals surface area contributed by atoms with Gasteiger partial charge in [0.15, 0.2) is 0 Å². The highest BCUT2D eigenvalue weighted by molar-refractivity contribution is 6.07. The molecule has 0 N–H and O–H groups in total. The fourth-order valence-electron chi connectivity index (χ4n) is 3.18. The molecule has 0 bridgehead atoms. The Bertz CT molecular complexity index is 1290. The van der Waals surface area contributed by atoms with Crippen LogP contribution in [0.25, 0.3) is 21.7 Å². The Balaban J connectivity index is 1.69. The predicted molar refractivity (Wildman–Crippen MR) is 101 cm³/mol. The van der Waals surface area contributed by atoms with Crippen molar-refractivity contribution in [2.75, 3.05) is 0 Å². The van der Waals surface area contributed by atoms with Crippen molar-refractivity contribution in [3.8, 4) is 0 Å². The lowest BCUT2D eigenvalue weighted by Gasteiger charge is -2.11. The molecule has 7 heteroatoms. The van der Waals surface area contributed by atoms with Gasteiger partial charge in [-0.1, -0.05) is 36.4 Å². The van der Waals surface area contributed by atoms with Gasteiger partial charge in [0.05, 0.1) is 11.1 Å². The lowest BCUT2D eigenvalue weighted by molar-refractivity contribution is -0.137. The van der Waals surface area contributed by atoms with E-state index in [4.69, 9.17) is 9.15 Å². The predicted octanol–water partition coefficient (Wildman–Crippen LogP) is 5.32. The van der Waals surface area contributed by atoms with Crippen LogP contribution >= 0.6 is 0 Å². The van der Waals surface area contributed by atoms with Crippen molar-refractivity contribution in [3.05, 3.63) is 93.8 Å². The normalized spacial score (nSPS) is 11.7. The smallest absolute Gasteiger partial charge is 0.416 e. The van der Waals surface area contributed by atoms with Crippen molar-refractivity contribution in [1.29, 1.82) is 0 Å². The van der Waals surface area contributed by atoms with Gasteiger partial charge in [-0.25, -0.2) is 9.59 Å². The molecule has 0 aliphatic carbocycles. The van der Waals surface area contributed by atoms with E-state index in [1.54, 1.807) is 12.1 Å². The van der Waals surface area contributed by atoms with Crippen LogP contribution in [0.4, 0.5) is 13.2 Å². The van der Waals surface area contributed by atoms with Crippen molar-refractivity contribution in [2.24, 2.45) is 0 Å². The highest BCUT2D eigenvalue weighted by atomic mass is 19.4. The van der Waals surface area contributed by atoms with E-state index in [2.05, 4.69) is 0 Å². The van der Waals surface area contributed by atoms with Gasteiger partial charge >= 0.3 is 17.8 Å². The van der Waals surface area contributed by atoms with Crippen LogP contribution in [-0.2, 0) is 17.5 Å². The number of esters is 1. The number of alkyl halides is 3. The number of hydrogen-bond acceptors (Lipinski definition) is 4. The summed E-state index contributed by atoms with van der Waals surface area (Å²) in [7, 11) is 0. The van der Waals surface area contributed by atoms with E-state index in [1.807, 2.05) is 24.3 Å². The van der Waals surface area contributed by atoms with Crippen LogP contribution < -0.4 is 5.63 Å². The zero-order valence-electron chi connectivity index (χ0n) is 14.8. The third-order valence-corrected chi connectivity index (χ3v) is 4.50. The summed E-state index contributed by atoms with van der Waals surface area (Å²) in [5.41, 5.74) is -1.03. The number of hydrogen-bond donors (Lipinski definition) is 0. The highest BCUT2D eigenvalue weighted by Crippen LogP contribution is 2.30. The van der Waals surface area contributed by atoms with Crippen LogP contribution in [0, 0.1) is 0 Å². The van der Waals surface area contributed by atoms with Crippen LogP contribution in [0.5, 0.6) is 0 Å². The molecule has 0 spiro atoms. The molecule has 0 aliphatic rings. The second-order valence-corrected chi connectivity index (χ2v) is 6.41. The number of carbonyl (C=O) groups is 1. The molecule has 0 aliphatic heterocycles. The molecule has 1 heterocycles. The average molecular weight is 398 g/mol. The maximum absolute atomic E-state index is 12.9. The summed E-state index contributed by atoms with van der Waals surface area (Å²) < 4.78 is 49.0. The number of halogens is 3. The fourth-order valence-corrected chi connectivity index (χ4v) is 3.18. The van der Waals surface area contributed by atoms with Gasteiger partial charge in [0.2, 0.25) is 0 Å². The largest absolute Gasteiger partial charge is 0.457 e. The number of rotatable bonds is 3. The Morgan fingerprint density at radius 3 is 2.55 bits per heavy atom. The summed E-state index contributed by atoms with van der Waals surface area (Å²) in [6.45, 7) is -0.287. The van der Waals surface area contributed by atoms with E-state index in [1.165, 1.54) is 12.1 Å². The molecule has 29 heavy (non-hydrogen) atoms. The quantitative estimate of drug-likeness (QED) is 0.266. The van der Waals surface area contributed by atoms with E-state index in [0.29, 0.717) is 16.5 Å². The Morgan fingerprint density at radius 1 is 0.966 bits per heavy atom. The number of ether oxygens (including phenoxy) is 1. The number of fused-ring (bicyclic) bond motifs is 3. The van der Waals surface area contributed by atoms with Crippen molar-refractivity contribution < 1.29 is 27.1 Å². The summed E-state index contributed by atoms with van der Waals surface area (Å²) in [6, 6.07) is 16.1. The van der Waals surface area contributed by atoms with Crippen LogP contribution in [0.1, 0.15) is 21.5 Å². The van der Waals surface area contributed by atoms with Crippen molar-refractivity contribution >= 4 is 27.7 Å². The first kappa shape index (κ1) is 18.7. The summed E-state index contributed by atoms with van der Waals surface area (Å²) in [6.07, 6.45) is -4.57. The van der Waals surface area contributed by atoms with Gasteiger partial charge in [0, 0.05) is 17.0 Å². The molecular formula is C22H13F3O4. The highest BCUT2D eigenvalue weighted by Gasteiger charge is 2.31. The molecule has 0 radical (unpaired) electrons. The Kier molecular flexibility index (Phi) is 4.58. The summed E-state index contributed by atoms with van der Waals surface area (Å²) in [5.74, 6) is -0.919. The molecule has 0 fully saturated rings. The van der Waals surface area contributed by atoms with E-state index >= 15 is 0 Å². The number of carbonyl (C=O) groups excluding carboxylic acids is 1. The van der Waals surface area contributed by atoms with Gasteiger partial charge < -0.3 is 9.15 Å². The van der Waals surface area contributed by atoms with Crippen LogP contribution in [-0.4, -0.2) is 5.97 Å². The van der Waals surface area contributed by atoms with E-state index in [9.17, 15) is 22.8 Å². The van der Waals surface area contributed by atoms with Gasteiger partial charge in [-0.15, -0.1) is 0 Å². The van der Waals surface area contributed by atoms with Gasteiger partial charge in [0.25, 0.3) is 0 Å². The average Bonchev–Trinajstić information content (AvgIpc) is 2.70. The third kappa shape index (κ3) is 3.71. The third-order valence-electron chi connectivity index (χ3n) is 4.50. The Hall–Kier alpha value is -3.61. The van der Waals surface area contributed by atoms with E-state index < -0.39 is 23.3 Å². The molecular weight excluding hydrogens is 385 g/mol. The Morgan fingerprint density at radius 2 is 1.76 bits per heavy atom. The zero-order chi connectivity index (χ0) is 20.6. The minimum absolute atomic E-state index is 0.225. The van der Waals surface area contributed by atoms with Crippen LogP contribution in [0.15, 0.2) is 75.9 Å². The zero-order valence-corrected chi connectivity index (χ0v) is 14.8. The van der Waals surface area contributed by atoms with E-state index in [0.717, 1.165) is 29.0 Å². The second kappa shape index (κ2) is 7.09. The van der Waals surface area contributed by atoms with Crippen LogP contribution in [0.3, 0.4) is 0 Å². The topological polar surface area (TPSA) is 56.5 Å². The Labute approximate surface area is 162 Å². The van der Waals surface area contributed by atoms with E-state index in [-0.39, 0.29) is 12.2 Å². The molecule has 4 nitrogen and oxygen atoms in total. The van der Waals surface area contributed by atoms with Gasteiger partial charge in [-0.3, -0.25) is 0 Å². The van der Waals surface area contributed by atoms with Crippen molar-refractivity contribution in [2.45, 2.75) is 12.8 Å². The first-order chi connectivity index (χ1) is 13.8. The second-order valence-electron chi connectivity index (χ2n) is 6.41. The monoisotopic (exact) mass is 398 g/mol. The molecule has 0 unspecified atom stereocenters. The van der Waals surface area contributed by atoms with Gasteiger partial charge in [-0.2, -0.15) is 13.2 Å². The van der Waals surface area contributed by atoms with Crippen molar-refractivity contribution in [3.63, 3.8) is 0 Å². The molecule has 0 saturated carbocycles. The van der Waals surface area contributed by atoms with Gasteiger partial charge in [-0.05, 0) is 35.0 Å². The standard InChI is InChI=1S/C22H13F3O4/c23-22(24,25)16-6-3-5-14(10-16)21(27)28-12-15-11-19(26)29-18-9-8-13-4-1-2-7-17(13)20(15)18/h1-11H,12H2. The maximum atomic E-state index is 12.9. The fraction of sp³-hybridized carbons (Fsp3) is 0.0909. The molecule has 146 valence electrons. The number of benzene rings is 3. The van der Waals surface area contributed by atoms with Gasteiger partial charge in [0.1, 0.15) is 12.2 Å². The summed E-state index contributed by atoms with van der Waals surface area (Å²) >= 11 is 0.